The van der Waals surface area contributed by atoms with Gasteiger partial charge in [-0.2, -0.15) is 16.7 Å². The highest BCUT2D eigenvalue weighted by Crippen LogP contribution is 2.38. The number of carbonyl (C=O) groups is 1. The molecule has 3 aromatic rings. The Morgan fingerprint density at radius 3 is 2.92 bits per heavy atom. The van der Waals surface area contributed by atoms with E-state index in [1.54, 1.807) is 18.3 Å². The van der Waals surface area contributed by atoms with Crippen molar-refractivity contribution in [1.82, 2.24) is 20.0 Å². The molecule has 0 bridgehead atoms. The van der Waals surface area contributed by atoms with Crippen molar-refractivity contribution in [2.75, 3.05) is 5.75 Å². The molecule has 0 aromatic carbocycles. The first-order valence-corrected chi connectivity index (χ1v) is 10.1. The summed E-state index contributed by atoms with van der Waals surface area (Å²) in [5, 5.41) is 7.79. The highest BCUT2D eigenvalue weighted by atomic mass is 32.2. The predicted octanol–water partition coefficient (Wildman–Crippen LogP) is 3.51. The first-order chi connectivity index (χ1) is 12.1. The molecule has 3 aromatic heterocycles. The lowest BCUT2D eigenvalue weighted by Crippen LogP contribution is -2.28. The van der Waals surface area contributed by atoms with Crippen LogP contribution in [0.25, 0.3) is 5.00 Å². The molecule has 0 saturated carbocycles. The van der Waals surface area contributed by atoms with E-state index in [-0.39, 0.29) is 11.9 Å². The van der Waals surface area contributed by atoms with Gasteiger partial charge in [-0.25, -0.2) is 0 Å². The topological polar surface area (TPSA) is 73.0 Å². The van der Waals surface area contributed by atoms with Crippen molar-refractivity contribution in [2.24, 2.45) is 0 Å². The fourth-order valence-electron chi connectivity index (χ4n) is 2.92. The largest absolute Gasteiger partial charge is 0.340 e. The van der Waals surface area contributed by atoms with Crippen molar-refractivity contribution < 1.29 is 9.32 Å². The molecule has 1 amide bonds. The van der Waals surface area contributed by atoms with Gasteiger partial charge in [-0.3, -0.25) is 4.79 Å². The normalized spacial score (nSPS) is 15.0. The minimum absolute atomic E-state index is 0.0866. The SMILES string of the molecule is Cc1noc(C(C)NC(=O)c2c(-n3cccc3)sc3c2CCSC3)n1. The van der Waals surface area contributed by atoms with Crippen LogP contribution in [0.3, 0.4) is 0 Å². The Hall–Kier alpha value is -2.06. The molecule has 0 radical (unpaired) electrons. The van der Waals surface area contributed by atoms with Gasteiger partial charge in [-0.15, -0.1) is 11.3 Å². The number of fused-ring (bicyclic) bond motifs is 1. The van der Waals surface area contributed by atoms with Crippen molar-refractivity contribution in [1.29, 1.82) is 0 Å². The van der Waals surface area contributed by atoms with Crippen LogP contribution in [0.4, 0.5) is 0 Å². The van der Waals surface area contributed by atoms with Crippen LogP contribution in [-0.2, 0) is 12.2 Å². The van der Waals surface area contributed by atoms with Crippen molar-refractivity contribution in [2.45, 2.75) is 32.1 Å². The molecule has 4 heterocycles. The maximum atomic E-state index is 13.1. The molecule has 1 N–H and O–H groups in total. The van der Waals surface area contributed by atoms with E-state index in [1.165, 1.54) is 10.4 Å². The van der Waals surface area contributed by atoms with Gasteiger partial charge in [0.25, 0.3) is 5.91 Å². The summed E-state index contributed by atoms with van der Waals surface area (Å²) in [7, 11) is 0. The van der Waals surface area contributed by atoms with E-state index in [0.717, 1.165) is 28.5 Å². The van der Waals surface area contributed by atoms with Crippen LogP contribution in [0, 0.1) is 6.92 Å². The maximum absolute atomic E-state index is 13.1. The van der Waals surface area contributed by atoms with E-state index < -0.39 is 0 Å². The first-order valence-electron chi connectivity index (χ1n) is 8.10. The lowest BCUT2D eigenvalue weighted by molar-refractivity contribution is 0.0932. The standard InChI is InChI=1S/C17H18N4O2S2/c1-10(16-19-11(2)20-23-16)18-15(22)14-12-5-8-24-9-13(12)25-17(14)21-6-3-4-7-21/h3-4,6-7,10H,5,8-9H2,1-2H3,(H,18,22). The number of hydrogen-bond donors (Lipinski definition) is 1. The van der Waals surface area contributed by atoms with Gasteiger partial charge in [0.2, 0.25) is 5.89 Å². The van der Waals surface area contributed by atoms with Crippen molar-refractivity contribution in [3.8, 4) is 5.00 Å². The zero-order chi connectivity index (χ0) is 17.4. The fourth-order valence-corrected chi connectivity index (χ4v) is 5.37. The van der Waals surface area contributed by atoms with Gasteiger partial charge in [0.05, 0.1) is 5.56 Å². The molecular weight excluding hydrogens is 356 g/mol. The minimum Gasteiger partial charge on any atom is -0.340 e. The molecule has 1 unspecified atom stereocenters. The zero-order valence-corrected chi connectivity index (χ0v) is 15.6. The molecule has 1 aliphatic heterocycles. The van der Waals surface area contributed by atoms with E-state index >= 15 is 0 Å². The summed E-state index contributed by atoms with van der Waals surface area (Å²) < 4.78 is 7.20. The van der Waals surface area contributed by atoms with Gasteiger partial charge in [0, 0.05) is 23.0 Å². The second kappa shape index (κ2) is 6.68. The van der Waals surface area contributed by atoms with E-state index in [4.69, 9.17) is 4.52 Å². The summed E-state index contributed by atoms with van der Waals surface area (Å²) in [6.07, 6.45) is 4.88. The number of thiophene rings is 1. The highest BCUT2D eigenvalue weighted by molar-refractivity contribution is 7.98. The third-order valence-corrected chi connectivity index (χ3v) is 6.54. The molecule has 130 valence electrons. The molecule has 1 aliphatic rings. The summed E-state index contributed by atoms with van der Waals surface area (Å²) in [5.74, 6) is 2.92. The maximum Gasteiger partial charge on any atom is 0.255 e. The number of rotatable bonds is 4. The van der Waals surface area contributed by atoms with Gasteiger partial charge in [0.1, 0.15) is 11.0 Å². The third-order valence-electron chi connectivity index (χ3n) is 4.13. The Morgan fingerprint density at radius 1 is 1.40 bits per heavy atom. The Morgan fingerprint density at radius 2 is 2.20 bits per heavy atom. The number of aryl methyl sites for hydroxylation is 1. The average molecular weight is 374 g/mol. The van der Waals surface area contributed by atoms with Crippen LogP contribution < -0.4 is 5.32 Å². The number of carbonyl (C=O) groups excluding carboxylic acids is 1. The lowest BCUT2D eigenvalue weighted by Gasteiger charge is -2.15. The molecule has 25 heavy (non-hydrogen) atoms. The minimum atomic E-state index is -0.334. The molecule has 6 nitrogen and oxygen atoms in total. The summed E-state index contributed by atoms with van der Waals surface area (Å²) in [5.41, 5.74) is 1.96. The van der Waals surface area contributed by atoms with E-state index in [2.05, 4.69) is 15.5 Å². The van der Waals surface area contributed by atoms with Crippen LogP contribution in [0.5, 0.6) is 0 Å². The van der Waals surface area contributed by atoms with Crippen LogP contribution >= 0.6 is 23.1 Å². The van der Waals surface area contributed by atoms with Gasteiger partial charge in [0.15, 0.2) is 5.82 Å². The van der Waals surface area contributed by atoms with Crippen molar-refractivity contribution in [3.05, 3.63) is 52.2 Å². The van der Waals surface area contributed by atoms with E-state index in [9.17, 15) is 4.79 Å². The molecule has 0 fully saturated rings. The van der Waals surface area contributed by atoms with Crippen LogP contribution in [-0.4, -0.2) is 26.4 Å². The number of nitrogens with zero attached hydrogens (tertiary/aromatic N) is 3. The summed E-state index contributed by atoms with van der Waals surface area (Å²) in [6.45, 7) is 3.62. The Bertz CT molecular complexity index is 898. The second-order valence-corrected chi connectivity index (χ2v) is 8.14. The number of thioether (sulfide) groups is 1. The Labute approximate surface area is 153 Å². The number of amides is 1. The van der Waals surface area contributed by atoms with Crippen molar-refractivity contribution >= 4 is 29.0 Å². The Kier molecular flexibility index (Phi) is 4.39. The van der Waals surface area contributed by atoms with E-state index in [1.807, 2.05) is 47.8 Å². The number of aromatic nitrogens is 3. The molecule has 4 rings (SSSR count). The van der Waals surface area contributed by atoms with Crippen LogP contribution in [0.1, 0.15) is 45.5 Å². The lowest BCUT2D eigenvalue weighted by atomic mass is 10.1. The molecule has 0 saturated heterocycles. The fraction of sp³-hybridized carbons (Fsp3) is 0.353. The second-order valence-electron chi connectivity index (χ2n) is 5.95. The van der Waals surface area contributed by atoms with Crippen molar-refractivity contribution in [3.63, 3.8) is 0 Å². The monoisotopic (exact) mass is 374 g/mol. The molecule has 8 heteroatoms. The van der Waals surface area contributed by atoms with Crippen LogP contribution in [0.2, 0.25) is 0 Å². The smallest absolute Gasteiger partial charge is 0.255 e. The van der Waals surface area contributed by atoms with E-state index in [0.29, 0.717) is 11.7 Å². The zero-order valence-electron chi connectivity index (χ0n) is 14.0. The third kappa shape index (κ3) is 3.11. The van der Waals surface area contributed by atoms with Crippen LogP contribution in [0.15, 0.2) is 29.0 Å². The molecule has 1 atom stereocenters. The number of nitrogens with one attached hydrogen (secondary N) is 1. The highest BCUT2D eigenvalue weighted by Gasteiger charge is 2.28. The quantitative estimate of drug-likeness (QED) is 0.756. The summed E-state index contributed by atoms with van der Waals surface area (Å²) >= 11 is 3.62. The molecule has 0 aliphatic carbocycles. The number of hydrogen-bond acceptors (Lipinski definition) is 6. The van der Waals surface area contributed by atoms with Gasteiger partial charge < -0.3 is 14.4 Å². The van der Waals surface area contributed by atoms with Gasteiger partial charge >= 0.3 is 0 Å². The molecule has 0 spiro atoms. The predicted molar refractivity (Wildman–Crippen MR) is 98.4 cm³/mol. The summed E-state index contributed by atoms with van der Waals surface area (Å²) in [6, 6.07) is 3.61. The summed E-state index contributed by atoms with van der Waals surface area (Å²) in [4.78, 5) is 18.6. The Balaban J connectivity index is 1.68. The first kappa shape index (κ1) is 16.4. The molecular formula is C17H18N4O2S2. The average Bonchev–Trinajstić information content (AvgIpc) is 3.33. The van der Waals surface area contributed by atoms with Gasteiger partial charge in [-0.05, 0) is 43.7 Å². The van der Waals surface area contributed by atoms with Gasteiger partial charge in [-0.1, -0.05) is 5.16 Å².